The van der Waals surface area contributed by atoms with Crippen LogP contribution in [0.1, 0.15) is 25.7 Å². The van der Waals surface area contributed by atoms with E-state index < -0.39 is 24.5 Å². The minimum absolute atomic E-state index is 0.319. The van der Waals surface area contributed by atoms with E-state index in [9.17, 15) is 14.4 Å². The molecule has 6 nitrogen and oxygen atoms in total. The number of carbonyl (C=O) groups is 3. The summed E-state index contributed by atoms with van der Waals surface area (Å²) in [4.78, 5) is 37.3. The van der Waals surface area contributed by atoms with E-state index in [1.807, 2.05) is 19.1 Å². The maximum absolute atomic E-state index is 12.0. The average Bonchev–Trinajstić information content (AvgIpc) is 3.04. The summed E-state index contributed by atoms with van der Waals surface area (Å²) in [5.41, 5.74) is 1.54. The van der Waals surface area contributed by atoms with Crippen molar-refractivity contribution in [3.8, 4) is 0 Å². The lowest BCUT2D eigenvalue weighted by atomic mass is 10.1. The van der Waals surface area contributed by atoms with Gasteiger partial charge in [0.1, 0.15) is 0 Å². The number of hydrogen-bond donors (Lipinski definition) is 1. The van der Waals surface area contributed by atoms with E-state index in [-0.39, 0.29) is 0 Å². The summed E-state index contributed by atoms with van der Waals surface area (Å²) in [6.45, 7) is 3.34. The van der Waals surface area contributed by atoms with Crippen LogP contribution in [0.15, 0.2) is 36.4 Å². The molecule has 1 aromatic carbocycles. The molecule has 0 unspecified atom stereocenters. The predicted molar refractivity (Wildman–Crippen MR) is 100 cm³/mol. The Kier molecular flexibility index (Phi) is 6.68. The van der Waals surface area contributed by atoms with E-state index in [0.717, 1.165) is 15.3 Å². The summed E-state index contributed by atoms with van der Waals surface area (Å²) < 4.78 is 9.57. The summed E-state index contributed by atoms with van der Waals surface area (Å²) >= 11 is 1.55. The van der Waals surface area contributed by atoms with Crippen LogP contribution in [0.3, 0.4) is 0 Å². The second kappa shape index (κ2) is 8.96. The molecule has 1 amide bonds. The number of rotatable bonds is 6. The van der Waals surface area contributed by atoms with Crippen molar-refractivity contribution in [2.24, 2.45) is 0 Å². The first-order valence-electron chi connectivity index (χ1n) is 7.79. The van der Waals surface area contributed by atoms with Crippen LogP contribution in [0, 0.1) is 13.8 Å². The third-order valence-corrected chi connectivity index (χ3v) is 4.39. The minimum atomic E-state index is -0.605. The highest BCUT2D eigenvalue weighted by Gasteiger charge is 2.11. The Morgan fingerprint density at radius 2 is 1.92 bits per heavy atom. The van der Waals surface area contributed by atoms with Crippen molar-refractivity contribution in [2.75, 3.05) is 19.0 Å². The summed E-state index contributed by atoms with van der Waals surface area (Å²) in [5.74, 6) is -1.60. The molecule has 0 saturated carbocycles. The maximum Gasteiger partial charge on any atom is 0.337 e. The number of esters is 2. The predicted octanol–water partition coefficient (Wildman–Crippen LogP) is 3.35. The number of anilines is 1. The first kappa shape index (κ1) is 19.4. The van der Waals surface area contributed by atoms with Crippen molar-refractivity contribution in [3.05, 3.63) is 57.3 Å². The molecule has 1 aromatic heterocycles. The number of benzene rings is 1. The largest absolute Gasteiger partial charge is 0.465 e. The second-order valence-corrected chi connectivity index (χ2v) is 6.78. The number of nitrogens with one attached hydrogen (secondary N) is 1. The molecule has 0 fully saturated rings. The van der Waals surface area contributed by atoms with Gasteiger partial charge in [-0.3, -0.25) is 4.79 Å². The summed E-state index contributed by atoms with van der Waals surface area (Å²) in [7, 11) is 1.28. The molecule has 1 heterocycles. The molecule has 0 saturated heterocycles. The highest BCUT2D eigenvalue weighted by atomic mass is 32.1. The third kappa shape index (κ3) is 5.56. The lowest BCUT2D eigenvalue weighted by Gasteiger charge is -2.10. The maximum atomic E-state index is 12.0. The SMILES string of the molecule is COC(=O)c1ccc(C)c(NC(=O)COC(=O)/C=C/c2ccc(C)s2)c1. The molecular weight excluding hydrogens is 354 g/mol. The smallest absolute Gasteiger partial charge is 0.337 e. The molecule has 0 aliphatic rings. The molecule has 0 spiro atoms. The number of methoxy groups -OCH3 is 1. The van der Waals surface area contributed by atoms with Crippen LogP contribution in [-0.4, -0.2) is 31.6 Å². The van der Waals surface area contributed by atoms with Gasteiger partial charge in [0.25, 0.3) is 5.91 Å². The number of aryl methyl sites for hydroxylation is 2. The zero-order chi connectivity index (χ0) is 19.1. The fraction of sp³-hybridized carbons (Fsp3) is 0.211. The average molecular weight is 373 g/mol. The van der Waals surface area contributed by atoms with Crippen molar-refractivity contribution in [1.82, 2.24) is 0 Å². The normalized spacial score (nSPS) is 10.6. The number of thiophene rings is 1. The first-order chi connectivity index (χ1) is 12.4. The van der Waals surface area contributed by atoms with Crippen molar-refractivity contribution >= 4 is 40.9 Å². The molecular formula is C19H19NO5S. The second-order valence-electron chi connectivity index (χ2n) is 5.46. The Hall–Kier alpha value is -2.93. The van der Waals surface area contributed by atoms with Gasteiger partial charge in [0, 0.05) is 21.5 Å². The van der Waals surface area contributed by atoms with Crippen LogP contribution < -0.4 is 5.32 Å². The fourth-order valence-electron chi connectivity index (χ4n) is 2.07. The van der Waals surface area contributed by atoms with Crippen molar-refractivity contribution in [1.29, 1.82) is 0 Å². The van der Waals surface area contributed by atoms with Gasteiger partial charge < -0.3 is 14.8 Å². The van der Waals surface area contributed by atoms with Crippen LogP contribution in [0.5, 0.6) is 0 Å². The van der Waals surface area contributed by atoms with Crippen LogP contribution >= 0.6 is 11.3 Å². The van der Waals surface area contributed by atoms with Crippen LogP contribution in [0.4, 0.5) is 5.69 Å². The van der Waals surface area contributed by atoms with Gasteiger partial charge in [0.15, 0.2) is 6.61 Å². The Morgan fingerprint density at radius 3 is 2.58 bits per heavy atom. The molecule has 0 radical (unpaired) electrons. The Bertz CT molecular complexity index is 853. The Morgan fingerprint density at radius 1 is 1.15 bits per heavy atom. The lowest BCUT2D eigenvalue weighted by Crippen LogP contribution is -2.21. The molecule has 0 aliphatic carbocycles. The van der Waals surface area contributed by atoms with Crippen molar-refractivity contribution in [3.63, 3.8) is 0 Å². The molecule has 136 valence electrons. The zero-order valence-corrected chi connectivity index (χ0v) is 15.5. The van der Waals surface area contributed by atoms with E-state index in [1.165, 1.54) is 19.3 Å². The molecule has 26 heavy (non-hydrogen) atoms. The first-order valence-corrected chi connectivity index (χ1v) is 8.61. The highest BCUT2D eigenvalue weighted by molar-refractivity contribution is 7.12. The summed E-state index contributed by atoms with van der Waals surface area (Å²) in [5, 5.41) is 2.62. The van der Waals surface area contributed by atoms with Gasteiger partial charge in [-0.25, -0.2) is 9.59 Å². The topological polar surface area (TPSA) is 81.7 Å². The summed E-state index contributed by atoms with van der Waals surface area (Å²) in [6, 6.07) is 8.66. The molecule has 0 atom stereocenters. The Balaban J connectivity index is 1.89. The zero-order valence-electron chi connectivity index (χ0n) is 14.7. The van der Waals surface area contributed by atoms with E-state index in [1.54, 1.807) is 36.5 Å². The van der Waals surface area contributed by atoms with Gasteiger partial charge in [-0.1, -0.05) is 6.07 Å². The molecule has 0 bridgehead atoms. The number of amides is 1. The Labute approximate surface area is 155 Å². The van der Waals surface area contributed by atoms with Crippen LogP contribution in [-0.2, 0) is 19.1 Å². The van der Waals surface area contributed by atoms with E-state index in [2.05, 4.69) is 10.1 Å². The molecule has 2 aromatic rings. The van der Waals surface area contributed by atoms with Crippen molar-refractivity contribution < 1.29 is 23.9 Å². The van der Waals surface area contributed by atoms with Gasteiger partial charge in [-0.2, -0.15) is 0 Å². The van der Waals surface area contributed by atoms with Crippen LogP contribution in [0.25, 0.3) is 6.08 Å². The van der Waals surface area contributed by atoms with Crippen LogP contribution in [0.2, 0.25) is 0 Å². The third-order valence-electron chi connectivity index (χ3n) is 3.42. The van der Waals surface area contributed by atoms with Gasteiger partial charge in [0.05, 0.1) is 12.7 Å². The highest BCUT2D eigenvalue weighted by Crippen LogP contribution is 2.18. The number of ether oxygens (including phenoxy) is 2. The van der Waals surface area contributed by atoms with E-state index >= 15 is 0 Å². The molecule has 2 rings (SSSR count). The van der Waals surface area contributed by atoms with Gasteiger partial charge in [-0.05, 0) is 49.8 Å². The van der Waals surface area contributed by atoms with Gasteiger partial charge in [-0.15, -0.1) is 11.3 Å². The quantitative estimate of drug-likeness (QED) is 0.620. The molecule has 0 aliphatic heterocycles. The van der Waals surface area contributed by atoms with E-state index in [0.29, 0.717) is 11.3 Å². The fourth-order valence-corrected chi connectivity index (χ4v) is 2.85. The van der Waals surface area contributed by atoms with Gasteiger partial charge >= 0.3 is 11.9 Å². The lowest BCUT2D eigenvalue weighted by molar-refractivity contribution is -0.142. The standard InChI is InChI=1S/C19H19NO5S/c1-12-4-6-14(19(23)24-3)10-16(12)20-17(21)11-25-18(22)9-8-15-7-5-13(2)26-15/h4-10H,11H2,1-3H3,(H,20,21)/b9-8+. The minimum Gasteiger partial charge on any atom is -0.465 e. The van der Waals surface area contributed by atoms with Crippen molar-refractivity contribution in [2.45, 2.75) is 13.8 Å². The van der Waals surface area contributed by atoms with E-state index in [4.69, 9.17) is 4.74 Å². The monoisotopic (exact) mass is 373 g/mol. The number of carbonyl (C=O) groups excluding carboxylic acids is 3. The molecule has 7 heteroatoms. The number of hydrogen-bond acceptors (Lipinski definition) is 6. The molecule has 1 N–H and O–H groups in total. The van der Waals surface area contributed by atoms with Gasteiger partial charge in [0.2, 0.25) is 0 Å². The summed E-state index contributed by atoms with van der Waals surface area (Å²) in [6.07, 6.45) is 2.92.